The van der Waals surface area contributed by atoms with Crippen molar-refractivity contribution in [3.8, 4) is 0 Å². The standard InChI is InChI=1S/C18H30N2O/c1-17(2,3)16-9-11-20(13-16)12-10-18(21,14-19)15-7-5-4-6-8-15/h4-8,16,21H,9-14,19H2,1-3H3. The summed E-state index contributed by atoms with van der Waals surface area (Å²) in [6.07, 6.45) is 1.96. The first-order valence-electron chi connectivity index (χ1n) is 8.05. The monoisotopic (exact) mass is 290 g/mol. The molecule has 118 valence electrons. The van der Waals surface area contributed by atoms with Gasteiger partial charge in [0, 0.05) is 19.6 Å². The average molecular weight is 290 g/mol. The second-order valence-corrected chi connectivity index (χ2v) is 7.50. The summed E-state index contributed by atoms with van der Waals surface area (Å²) in [4.78, 5) is 2.47. The molecule has 21 heavy (non-hydrogen) atoms. The zero-order valence-corrected chi connectivity index (χ0v) is 13.7. The smallest absolute Gasteiger partial charge is 0.103 e. The third-order valence-electron chi connectivity index (χ3n) is 4.99. The van der Waals surface area contributed by atoms with E-state index < -0.39 is 5.60 Å². The van der Waals surface area contributed by atoms with Gasteiger partial charge in [0.2, 0.25) is 0 Å². The van der Waals surface area contributed by atoms with Crippen LogP contribution < -0.4 is 5.73 Å². The highest BCUT2D eigenvalue weighted by Gasteiger charge is 2.33. The third kappa shape index (κ3) is 4.06. The number of hydrogen-bond donors (Lipinski definition) is 2. The Hall–Kier alpha value is -0.900. The largest absolute Gasteiger partial charge is 0.384 e. The molecule has 2 atom stereocenters. The average Bonchev–Trinajstić information content (AvgIpc) is 2.95. The first kappa shape index (κ1) is 16.5. The minimum Gasteiger partial charge on any atom is -0.384 e. The number of hydrogen-bond acceptors (Lipinski definition) is 3. The molecule has 1 saturated heterocycles. The van der Waals surface area contributed by atoms with Crippen LogP contribution >= 0.6 is 0 Å². The van der Waals surface area contributed by atoms with E-state index in [1.807, 2.05) is 30.3 Å². The van der Waals surface area contributed by atoms with Gasteiger partial charge in [-0.15, -0.1) is 0 Å². The summed E-state index contributed by atoms with van der Waals surface area (Å²) in [5.74, 6) is 0.750. The second kappa shape index (κ2) is 6.47. The van der Waals surface area contributed by atoms with Crippen molar-refractivity contribution in [1.82, 2.24) is 4.90 Å². The van der Waals surface area contributed by atoms with E-state index in [0.717, 1.165) is 31.1 Å². The van der Waals surface area contributed by atoms with Crippen molar-refractivity contribution in [1.29, 1.82) is 0 Å². The molecule has 3 N–H and O–H groups in total. The SMILES string of the molecule is CC(C)(C)C1CCN(CCC(O)(CN)c2ccccc2)C1. The van der Waals surface area contributed by atoms with Crippen molar-refractivity contribution in [3.05, 3.63) is 35.9 Å². The number of benzene rings is 1. The van der Waals surface area contributed by atoms with Crippen LogP contribution in [0.5, 0.6) is 0 Å². The molecule has 0 aromatic heterocycles. The van der Waals surface area contributed by atoms with E-state index in [4.69, 9.17) is 5.73 Å². The Balaban J connectivity index is 1.93. The first-order valence-corrected chi connectivity index (χ1v) is 8.05. The molecule has 2 unspecified atom stereocenters. The third-order valence-corrected chi connectivity index (χ3v) is 4.99. The van der Waals surface area contributed by atoms with Crippen LogP contribution in [0.15, 0.2) is 30.3 Å². The van der Waals surface area contributed by atoms with Gasteiger partial charge in [-0.05, 0) is 36.3 Å². The van der Waals surface area contributed by atoms with Gasteiger partial charge in [-0.3, -0.25) is 0 Å². The van der Waals surface area contributed by atoms with Crippen LogP contribution in [-0.4, -0.2) is 36.2 Å². The van der Waals surface area contributed by atoms with E-state index >= 15 is 0 Å². The zero-order valence-electron chi connectivity index (χ0n) is 13.7. The molecule has 3 heteroatoms. The summed E-state index contributed by atoms with van der Waals surface area (Å²) in [5.41, 5.74) is 6.25. The Morgan fingerprint density at radius 3 is 2.43 bits per heavy atom. The Kier molecular flexibility index (Phi) is 5.07. The molecule has 0 saturated carbocycles. The van der Waals surface area contributed by atoms with Gasteiger partial charge in [0.1, 0.15) is 5.60 Å². The molecule has 0 spiro atoms. The number of rotatable bonds is 5. The van der Waals surface area contributed by atoms with Gasteiger partial charge in [-0.2, -0.15) is 0 Å². The fourth-order valence-electron chi connectivity index (χ4n) is 3.20. The lowest BCUT2D eigenvalue weighted by molar-refractivity contribution is 0.0271. The summed E-state index contributed by atoms with van der Waals surface area (Å²) in [6.45, 7) is 10.4. The molecular weight excluding hydrogens is 260 g/mol. The van der Waals surface area contributed by atoms with E-state index in [9.17, 15) is 5.11 Å². The van der Waals surface area contributed by atoms with Crippen LogP contribution in [-0.2, 0) is 5.60 Å². The minimum atomic E-state index is -0.902. The first-order chi connectivity index (χ1) is 9.85. The van der Waals surface area contributed by atoms with Gasteiger partial charge in [0.05, 0.1) is 0 Å². The van der Waals surface area contributed by atoms with Crippen molar-refractivity contribution in [2.75, 3.05) is 26.2 Å². The number of likely N-dealkylation sites (tertiary alicyclic amines) is 1. The quantitative estimate of drug-likeness (QED) is 0.876. The predicted molar refractivity (Wildman–Crippen MR) is 88.0 cm³/mol. The van der Waals surface area contributed by atoms with Crippen LogP contribution in [0.1, 0.15) is 39.2 Å². The minimum absolute atomic E-state index is 0.271. The van der Waals surface area contributed by atoms with Crippen LogP contribution in [0.2, 0.25) is 0 Å². The molecule has 3 nitrogen and oxygen atoms in total. The summed E-state index contributed by atoms with van der Waals surface area (Å²) in [5, 5.41) is 10.8. The molecule has 1 aliphatic rings. The maximum absolute atomic E-state index is 10.8. The predicted octanol–water partition coefficient (Wildman–Crippen LogP) is 2.59. The molecule has 1 heterocycles. The van der Waals surface area contributed by atoms with Crippen LogP contribution in [0.25, 0.3) is 0 Å². The number of nitrogens with zero attached hydrogens (tertiary/aromatic N) is 1. The summed E-state index contributed by atoms with van der Waals surface area (Å²) < 4.78 is 0. The summed E-state index contributed by atoms with van der Waals surface area (Å²) in [6, 6.07) is 9.82. The highest BCUT2D eigenvalue weighted by Crippen LogP contribution is 2.34. The van der Waals surface area contributed by atoms with Crippen molar-refractivity contribution < 1.29 is 5.11 Å². The van der Waals surface area contributed by atoms with Crippen LogP contribution in [0.3, 0.4) is 0 Å². The molecule has 0 radical (unpaired) electrons. The highest BCUT2D eigenvalue weighted by molar-refractivity contribution is 5.22. The lowest BCUT2D eigenvalue weighted by Crippen LogP contribution is -2.39. The van der Waals surface area contributed by atoms with Gasteiger partial charge in [-0.25, -0.2) is 0 Å². The molecule has 1 aromatic rings. The fraction of sp³-hybridized carbons (Fsp3) is 0.667. The van der Waals surface area contributed by atoms with Gasteiger partial charge in [-0.1, -0.05) is 51.1 Å². The van der Waals surface area contributed by atoms with E-state index in [-0.39, 0.29) is 6.54 Å². The topological polar surface area (TPSA) is 49.5 Å². The lowest BCUT2D eigenvalue weighted by Gasteiger charge is -2.30. The Morgan fingerprint density at radius 1 is 1.24 bits per heavy atom. The fourth-order valence-corrected chi connectivity index (χ4v) is 3.20. The van der Waals surface area contributed by atoms with Crippen molar-refractivity contribution >= 4 is 0 Å². The van der Waals surface area contributed by atoms with E-state index in [0.29, 0.717) is 11.8 Å². The molecule has 0 amide bonds. The lowest BCUT2D eigenvalue weighted by atomic mass is 9.80. The van der Waals surface area contributed by atoms with Gasteiger partial charge in [0.25, 0.3) is 0 Å². The number of nitrogens with two attached hydrogens (primary N) is 1. The molecular formula is C18H30N2O. The van der Waals surface area contributed by atoms with Crippen molar-refractivity contribution in [2.45, 2.75) is 39.2 Å². The number of aliphatic hydroxyl groups is 1. The van der Waals surface area contributed by atoms with Crippen molar-refractivity contribution in [2.24, 2.45) is 17.1 Å². The van der Waals surface area contributed by atoms with Gasteiger partial charge < -0.3 is 15.7 Å². The summed E-state index contributed by atoms with van der Waals surface area (Å²) >= 11 is 0. The normalized spacial score (nSPS) is 23.2. The maximum Gasteiger partial charge on any atom is 0.103 e. The second-order valence-electron chi connectivity index (χ2n) is 7.50. The summed E-state index contributed by atoms with van der Waals surface area (Å²) in [7, 11) is 0. The van der Waals surface area contributed by atoms with Gasteiger partial charge in [0.15, 0.2) is 0 Å². The molecule has 2 rings (SSSR count). The molecule has 0 aliphatic carbocycles. The Labute approximate surface area is 129 Å². The van der Waals surface area contributed by atoms with E-state index in [1.165, 1.54) is 6.42 Å². The maximum atomic E-state index is 10.8. The molecule has 1 aliphatic heterocycles. The highest BCUT2D eigenvalue weighted by atomic mass is 16.3. The van der Waals surface area contributed by atoms with Crippen LogP contribution in [0, 0.1) is 11.3 Å². The zero-order chi connectivity index (χ0) is 15.5. The van der Waals surface area contributed by atoms with E-state index in [1.54, 1.807) is 0 Å². The van der Waals surface area contributed by atoms with Crippen LogP contribution in [0.4, 0.5) is 0 Å². The molecule has 0 bridgehead atoms. The van der Waals surface area contributed by atoms with E-state index in [2.05, 4.69) is 25.7 Å². The van der Waals surface area contributed by atoms with Crippen molar-refractivity contribution in [3.63, 3.8) is 0 Å². The molecule has 1 aromatic carbocycles. The molecule has 1 fully saturated rings. The Morgan fingerprint density at radius 2 is 1.90 bits per heavy atom. The van der Waals surface area contributed by atoms with Gasteiger partial charge >= 0.3 is 0 Å². The Bertz CT molecular complexity index is 440.